The van der Waals surface area contributed by atoms with E-state index in [4.69, 9.17) is 0 Å². The summed E-state index contributed by atoms with van der Waals surface area (Å²) in [7, 11) is 0. The lowest BCUT2D eigenvalue weighted by Crippen LogP contribution is -2.52. The van der Waals surface area contributed by atoms with Crippen LogP contribution in [0.15, 0.2) is 52.1 Å². The molecule has 1 aliphatic heterocycles. The molecule has 3 aromatic rings. The molecule has 1 unspecified atom stereocenters. The largest absolute Gasteiger partial charge is 0.336 e. The van der Waals surface area contributed by atoms with Gasteiger partial charge in [-0.05, 0) is 36.2 Å². The van der Waals surface area contributed by atoms with Crippen LogP contribution in [0.3, 0.4) is 0 Å². The fourth-order valence-corrected chi connectivity index (χ4v) is 3.87. The number of halogens is 1. The van der Waals surface area contributed by atoms with Gasteiger partial charge < -0.3 is 10.2 Å². The van der Waals surface area contributed by atoms with E-state index in [1.54, 1.807) is 35.2 Å². The maximum Gasteiger partial charge on any atom is 0.329 e. The zero-order chi connectivity index (χ0) is 21.3. The molecule has 2 N–H and O–H groups in total. The van der Waals surface area contributed by atoms with Gasteiger partial charge in [0.25, 0.3) is 11.5 Å². The quantitative estimate of drug-likeness (QED) is 0.686. The molecule has 0 aliphatic carbocycles. The van der Waals surface area contributed by atoms with Crippen molar-refractivity contribution in [3.8, 4) is 0 Å². The van der Waals surface area contributed by atoms with Crippen LogP contribution in [0.4, 0.5) is 4.39 Å². The highest BCUT2D eigenvalue weighted by molar-refractivity contribution is 5.94. The molecule has 7 nitrogen and oxygen atoms in total. The van der Waals surface area contributed by atoms with Gasteiger partial charge in [-0.25, -0.2) is 9.18 Å². The van der Waals surface area contributed by atoms with Crippen LogP contribution in [0.25, 0.3) is 10.9 Å². The second-order valence-corrected chi connectivity index (χ2v) is 7.49. The van der Waals surface area contributed by atoms with E-state index in [-0.39, 0.29) is 24.1 Å². The zero-order valence-corrected chi connectivity index (χ0v) is 16.7. The van der Waals surface area contributed by atoms with Crippen LogP contribution in [0.5, 0.6) is 0 Å². The summed E-state index contributed by atoms with van der Waals surface area (Å²) in [4.78, 5) is 41.4. The normalized spacial score (nSPS) is 16.7. The van der Waals surface area contributed by atoms with Crippen LogP contribution < -0.4 is 16.6 Å². The lowest BCUT2D eigenvalue weighted by molar-refractivity contribution is 0.0696. The van der Waals surface area contributed by atoms with Crippen molar-refractivity contribution in [2.45, 2.75) is 25.9 Å². The Kier molecular flexibility index (Phi) is 5.50. The maximum atomic E-state index is 14.5. The minimum atomic E-state index is -0.589. The third kappa shape index (κ3) is 3.78. The number of amides is 1. The number of nitrogens with zero attached hydrogens (tertiary/aromatic N) is 2. The number of fused-ring (bicyclic) bond motifs is 1. The molecule has 0 bridgehead atoms. The Hall–Kier alpha value is -3.26. The first-order valence-corrected chi connectivity index (χ1v) is 10.0. The highest BCUT2D eigenvalue weighted by atomic mass is 19.1. The molecular weight excluding hydrogens is 387 g/mol. The van der Waals surface area contributed by atoms with Crippen molar-refractivity contribution in [2.75, 3.05) is 19.6 Å². The van der Waals surface area contributed by atoms with Crippen LogP contribution in [-0.4, -0.2) is 46.0 Å². The van der Waals surface area contributed by atoms with Gasteiger partial charge in [0.1, 0.15) is 5.82 Å². The smallest absolute Gasteiger partial charge is 0.329 e. The standard InChI is InChI=1S/C22H23FN4O3/c1-2-15-13-26(10-9-24-15)21(29)17-11-14(7-8-18(17)23)12-27-19-6-4-3-5-16(19)20(28)25-22(27)30/h3-8,11,15,24H,2,9-10,12-13H2,1H3,(H,25,28,30). The Bertz CT molecular complexity index is 1220. The van der Waals surface area contributed by atoms with Crippen molar-refractivity contribution in [2.24, 2.45) is 0 Å². The van der Waals surface area contributed by atoms with Crippen LogP contribution in [0, 0.1) is 5.82 Å². The van der Waals surface area contributed by atoms with Crippen molar-refractivity contribution in [3.63, 3.8) is 0 Å². The summed E-state index contributed by atoms with van der Waals surface area (Å²) in [6.45, 7) is 3.87. The summed E-state index contributed by atoms with van der Waals surface area (Å²) in [5, 5.41) is 3.73. The maximum absolute atomic E-state index is 14.5. The zero-order valence-electron chi connectivity index (χ0n) is 16.7. The lowest BCUT2D eigenvalue weighted by atomic mass is 10.1. The molecule has 1 amide bonds. The number of carbonyl (C=O) groups excluding carboxylic acids is 1. The minimum absolute atomic E-state index is 0.00830. The molecule has 0 saturated carbocycles. The van der Waals surface area contributed by atoms with Crippen molar-refractivity contribution in [1.29, 1.82) is 0 Å². The monoisotopic (exact) mass is 410 g/mol. The van der Waals surface area contributed by atoms with Gasteiger partial charge in [0.05, 0.1) is 23.0 Å². The molecule has 4 rings (SSSR count). The molecule has 1 fully saturated rings. The highest BCUT2D eigenvalue weighted by Gasteiger charge is 2.25. The Balaban J connectivity index is 1.68. The molecule has 30 heavy (non-hydrogen) atoms. The number of hydrogen-bond donors (Lipinski definition) is 2. The number of H-pyrrole nitrogens is 1. The second kappa shape index (κ2) is 8.23. The predicted molar refractivity (Wildman–Crippen MR) is 112 cm³/mol. The molecule has 0 radical (unpaired) electrons. The number of hydrogen-bond acceptors (Lipinski definition) is 4. The average Bonchev–Trinajstić information content (AvgIpc) is 2.77. The van der Waals surface area contributed by atoms with Crippen LogP contribution >= 0.6 is 0 Å². The van der Waals surface area contributed by atoms with Gasteiger partial charge in [-0.3, -0.25) is 19.1 Å². The fourth-order valence-electron chi connectivity index (χ4n) is 3.87. The minimum Gasteiger partial charge on any atom is -0.336 e. The third-order valence-corrected chi connectivity index (χ3v) is 5.54. The molecule has 156 valence electrons. The van der Waals surface area contributed by atoms with E-state index in [2.05, 4.69) is 10.3 Å². The average molecular weight is 410 g/mol. The number of para-hydroxylation sites is 1. The highest BCUT2D eigenvalue weighted by Crippen LogP contribution is 2.17. The van der Waals surface area contributed by atoms with E-state index in [9.17, 15) is 18.8 Å². The Labute approximate surface area is 172 Å². The van der Waals surface area contributed by atoms with Gasteiger partial charge in [-0.1, -0.05) is 25.1 Å². The van der Waals surface area contributed by atoms with Crippen molar-refractivity contribution in [1.82, 2.24) is 19.8 Å². The predicted octanol–water partition coefficient (Wildman–Crippen LogP) is 1.70. The number of benzene rings is 2. The van der Waals surface area contributed by atoms with Gasteiger partial charge >= 0.3 is 5.69 Å². The van der Waals surface area contributed by atoms with Gasteiger partial charge in [0.15, 0.2) is 0 Å². The van der Waals surface area contributed by atoms with E-state index >= 15 is 0 Å². The molecule has 1 saturated heterocycles. The molecular formula is C22H23FN4O3. The molecule has 0 spiro atoms. The molecule has 1 atom stereocenters. The Morgan fingerprint density at radius 3 is 2.80 bits per heavy atom. The number of aromatic nitrogens is 2. The topological polar surface area (TPSA) is 87.2 Å². The van der Waals surface area contributed by atoms with Crippen LogP contribution in [-0.2, 0) is 6.54 Å². The summed E-state index contributed by atoms with van der Waals surface area (Å²) >= 11 is 0. The van der Waals surface area contributed by atoms with Gasteiger partial charge in [-0.15, -0.1) is 0 Å². The fraction of sp³-hybridized carbons (Fsp3) is 0.318. The molecule has 2 heterocycles. The lowest BCUT2D eigenvalue weighted by Gasteiger charge is -2.33. The summed E-state index contributed by atoms with van der Waals surface area (Å²) in [5.41, 5.74) is 0.0680. The van der Waals surface area contributed by atoms with Crippen LogP contribution in [0.1, 0.15) is 29.3 Å². The summed E-state index contributed by atoms with van der Waals surface area (Å²) in [5.74, 6) is -0.943. The SMILES string of the molecule is CCC1CN(C(=O)c2cc(Cn3c(=O)[nH]c(=O)c4ccccc43)ccc2F)CCN1. The van der Waals surface area contributed by atoms with Crippen LogP contribution in [0.2, 0.25) is 0 Å². The summed E-state index contributed by atoms with van der Waals surface area (Å²) in [6.07, 6.45) is 0.883. The second-order valence-electron chi connectivity index (χ2n) is 7.49. The van der Waals surface area contributed by atoms with E-state index < -0.39 is 17.1 Å². The van der Waals surface area contributed by atoms with Gasteiger partial charge in [0, 0.05) is 25.7 Å². The van der Waals surface area contributed by atoms with E-state index in [1.165, 1.54) is 16.7 Å². The van der Waals surface area contributed by atoms with Gasteiger partial charge in [-0.2, -0.15) is 0 Å². The first kappa shape index (κ1) is 20.0. The molecule has 1 aliphatic rings. The Morgan fingerprint density at radius 1 is 1.20 bits per heavy atom. The van der Waals surface area contributed by atoms with E-state index in [0.717, 1.165) is 6.42 Å². The summed E-state index contributed by atoms with van der Waals surface area (Å²) < 4.78 is 15.9. The van der Waals surface area contributed by atoms with E-state index in [0.29, 0.717) is 36.1 Å². The number of nitrogens with one attached hydrogen (secondary N) is 2. The first-order chi connectivity index (χ1) is 14.5. The third-order valence-electron chi connectivity index (χ3n) is 5.54. The number of carbonyl (C=O) groups is 1. The molecule has 2 aromatic carbocycles. The first-order valence-electron chi connectivity index (χ1n) is 10.0. The van der Waals surface area contributed by atoms with Crippen molar-refractivity contribution in [3.05, 3.63) is 80.2 Å². The molecule has 8 heteroatoms. The molecule has 1 aromatic heterocycles. The number of rotatable bonds is 4. The van der Waals surface area contributed by atoms with Gasteiger partial charge in [0.2, 0.25) is 0 Å². The van der Waals surface area contributed by atoms with Crippen molar-refractivity contribution < 1.29 is 9.18 Å². The van der Waals surface area contributed by atoms with E-state index in [1.807, 2.05) is 6.92 Å². The number of piperazine rings is 1. The Morgan fingerprint density at radius 2 is 2.00 bits per heavy atom. The van der Waals surface area contributed by atoms with Crippen molar-refractivity contribution >= 4 is 16.8 Å². The summed E-state index contributed by atoms with van der Waals surface area (Å²) in [6, 6.07) is 11.3. The number of aromatic amines is 1.